The van der Waals surface area contributed by atoms with E-state index in [0.717, 1.165) is 24.2 Å². The van der Waals surface area contributed by atoms with Crippen LogP contribution in [0.1, 0.15) is 32.3 Å². The highest BCUT2D eigenvalue weighted by atomic mass is 79.9. The van der Waals surface area contributed by atoms with Gasteiger partial charge >= 0.3 is 0 Å². The Kier molecular flexibility index (Phi) is 7.67. The van der Waals surface area contributed by atoms with E-state index < -0.39 is 0 Å². The number of benzene rings is 1. The molecule has 1 N–H and O–H groups in total. The molecule has 0 aliphatic rings. The molecule has 3 nitrogen and oxygen atoms in total. The van der Waals surface area contributed by atoms with Crippen LogP contribution in [0, 0.1) is 5.92 Å². The number of alkyl halides is 1. The summed E-state index contributed by atoms with van der Waals surface area (Å²) < 4.78 is 5.11. The van der Waals surface area contributed by atoms with E-state index in [4.69, 9.17) is 4.74 Å². The van der Waals surface area contributed by atoms with E-state index in [1.807, 2.05) is 24.3 Å². The first-order valence-electron chi connectivity index (χ1n) is 7.05. The summed E-state index contributed by atoms with van der Waals surface area (Å²) in [5.41, 5.74) is 1.15. The van der Waals surface area contributed by atoms with E-state index in [0.29, 0.717) is 23.7 Å². The Labute approximate surface area is 130 Å². The Morgan fingerprint density at radius 3 is 2.50 bits per heavy atom. The van der Waals surface area contributed by atoms with Crippen LogP contribution in [-0.4, -0.2) is 24.4 Å². The summed E-state index contributed by atoms with van der Waals surface area (Å²) >= 11 is 3.59. The van der Waals surface area contributed by atoms with Gasteiger partial charge in [0.2, 0.25) is 5.91 Å². The second kappa shape index (κ2) is 9.01. The number of carbonyl (C=O) groups is 1. The molecule has 1 unspecified atom stereocenters. The number of aryl methyl sites for hydroxylation is 1. The van der Waals surface area contributed by atoms with Gasteiger partial charge in [-0.2, -0.15) is 0 Å². The number of halogens is 1. The lowest BCUT2D eigenvalue weighted by Gasteiger charge is -2.13. The molecule has 0 aliphatic carbocycles. The minimum atomic E-state index is 0.106. The quantitative estimate of drug-likeness (QED) is 0.734. The lowest BCUT2D eigenvalue weighted by atomic mass is 10.1. The van der Waals surface area contributed by atoms with Crippen molar-refractivity contribution in [2.24, 2.45) is 5.92 Å². The van der Waals surface area contributed by atoms with Crippen LogP contribution in [-0.2, 0) is 11.2 Å². The van der Waals surface area contributed by atoms with Gasteiger partial charge in [0.25, 0.3) is 0 Å². The molecule has 0 saturated heterocycles. The standard InChI is InChI=1S/C16H24BrNO2/c1-12(2)10-14(17)11-18-16(19)9-6-13-4-7-15(20-3)8-5-13/h4-5,7-8,12,14H,6,9-11H2,1-3H3,(H,18,19). The highest BCUT2D eigenvalue weighted by molar-refractivity contribution is 9.09. The van der Waals surface area contributed by atoms with E-state index in [2.05, 4.69) is 35.1 Å². The van der Waals surface area contributed by atoms with Crippen LogP contribution in [0.5, 0.6) is 5.75 Å². The summed E-state index contributed by atoms with van der Waals surface area (Å²) in [5, 5.41) is 2.97. The predicted molar refractivity (Wildman–Crippen MR) is 86.5 cm³/mol. The van der Waals surface area contributed by atoms with Crippen LogP contribution in [0.2, 0.25) is 0 Å². The molecule has 1 aromatic carbocycles. The zero-order valence-electron chi connectivity index (χ0n) is 12.5. The second-order valence-corrected chi connectivity index (χ2v) is 6.67. The third-order valence-corrected chi connectivity index (χ3v) is 3.75. The van der Waals surface area contributed by atoms with Gasteiger partial charge in [0, 0.05) is 17.8 Å². The highest BCUT2D eigenvalue weighted by Crippen LogP contribution is 2.13. The molecule has 0 bridgehead atoms. The molecule has 1 aromatic rings. The molecular weight excluding hydrogens is 318 g/mol. The number of rotatable bonds is 8. The summed E-state index contributed by atoms with van der Waals surface area (Å²) in [6, 6.07) is 7.84. The van der Waals surface area contributed by atoms with Crippen LogP contribution in [0.15, 0.2) is 24.3 Å². The van der Waals surface area contributed by atoms with Gasteiger partial charge in [-0.25, -0.2) is 0 Å². The SMILES string of the molecule is COc1ccc(CCC(=O)NCC(Br)CC(C)C)cc1. The molecule has 1 rings (SSSR count). The summed E-state index contributed by atoms with van der Waals surface area (Å²) in [4.78, 5) is 12.1. The Morgan fingerprint density at radius 2 is 1.95 bits per heavy atom. The summed E-state index contributed by atoms with van der Waals surface area (Å²) in [6.45, 7) is 5.05. The maximum Gasteiger partial charge on any atom is 0.220 e. The zero-order valence-corrected chi connectivity index (χ0v) is 14.1. The predicted octanol–water partition coefficient (Wildman–Crippen LogP) is 3.55. The van der Waals surface area contributed by atoms with Gasteiger partial charge in [-0.3, -0.25) is 4.79 Å². The first-order valence-corrected chi connectivity index (χ1v) is 7.96. The first-order chi connectivity index (χ1) is 9.51. The number of hydrogen-bond donors (Lipinski definition) is 1. The molecule has 0 aromatic heterocycles. The summed E-state index contributed by atoms with van der Waals surface area (Å²) in [7, 11) is 1.65. The topological polar surface area (TPSA) is 38.3 Å². The number of methoxy groups -OCH3 is 1. The van der Waals surface area contributed by atoms with Crippen LogP contribution >= 0.6 is 15.9 Å². The maximum absolute atomic E-state index is 11.8. The van der Waals surface area contributed by atoms with Gasteiger partial charge in [-0.05, 0) is 36.5 Å². The third-order valence-electron chi connectivity index (χ3n) is 3.05. The van der Waals surface area contributed by atoms with E-state index in [1.165, 1.54) is 0 Å². The van der Waals surface area contributed by atoms with Gasteiger partial charge in [-0.15, -0.1) is 0 Å². The van der Waals surface area contributed by atoms with Crippen LogP contribution in [0.4, 0.5) is 0 Å². The Bertz CT molecular complexity index is 403. The van der Waals surface area contributed by atoms with Gasteiger partial charge < -0.3 is 10.1 Å². The minimum Gasteiger partial charge on any atom is -0.497 e. The Morgan fingerprint density at radius 1 is 1.30 bits per heavy atom. The molecular formula is C16H24BrNO2. The molecule has 4 heteroatoms. The number of amides is 1. The van der Waals surface area contributed by atoms with Crippen molar-refractivity contribution < 1.29 is 9.53 Å². The van der Waals surface area contributed by atoms with Crippen molar-refractivity contribution >= 4 is 21.8 Å². The fraction of sp³-hybridized carbons (Fsp3) is 0.562. The van der Waals surface area contributed by atoms with Crippen molar-refractivity contribution in [1.29, 1.82) is 0 Å². The molecule has 20 heavy (non-hydrogen) atoms. The van der Waals surface area contributed by atoms with Gasteiger partial charge in [0.05, 0.1) is 7.11 Å². The van der Waals surface area contributed by atoms with Crippen molar-refractivity contribution in [3.05, 3.63) is 29.8 Å². The fourth-order valence-corrected chi connectivity index (χ4v) is 2.87. The number of nitrogens with one attached hydrogen (secondary N) is 1. The van der Waals surface area contributed by atoms with E-state index in [1.54, 1.807) is 7.11 Å². The van der Waals surface area contributed by atoms with Crippen LogP contribution in [0.25, 0.3) is 0 Å². The number of ether oxygens (including phenoxy) is 1. The second-order valence-electron chi connectivity index (χ2n) is 5.38. The van der Waals surface area contributed by atoms with Crippen molar-refractivity contribution in [3.63, 3.8) is 0 Å². The lowest BCUT2D eigenvalue weighted by molar-refractivity contribution is -0.121. The van der Waals surface area contributed by atoms with Crippen molar-refractivity contribution in [2.45, 2.75) is 37.9 Å². The van der Waals surface area contributed by atoms with Gasteiger partial charge in [0.15, 0.2) is 0 Å². The largest absolute Gasteiger partial charge is 0.497 e. The van der Waals surface area contributed by atoms with Crippen molar-refractivity contribution in [2.75, 3.05) is 13.7 Å². The molecule has 0 radical (unpaired) electrons. The van der Waals surface area contributed by atoms with E-state index >= 15 is 0 Å². The summed E-state index contributed by atoms with van der Waals surface area (Å²) in [5.74, 6) is 1.58. The maximum atomic E-state index is 11.8. The van der Waals surface area contributed by atoms with Gasteiger partial charge in [0.1, 0.15) is 5.75 Å². The Hall–Kier alpha value is -1.03. The van der Waals surface area contributed by atoms with Crippen LogP contribution < -0.4 is 10.1 Å². The fourth-order valence-electron chi connectivity index (χ4n) is 1.96. The van der Waals surface area contributed by atoms with Crippen LogP contribution in [0.3, 0.4) is 0 Å². The number of carbonyl (C=O) groups excluding carboxylic acids is 1. The molecule has 0 saturated carbocycles. The minimum absolute atomic E-state index is 0.106. The molecule has 0 heterocycles. The zero-order chi connectivity index (χ0) is 15.0. The average molecular weight is 342 g/mol. The lowest BCUT2D eigenvalue weighted by Crippen LogP contribution is -2.30. The van der Waals surface area contributed by atoms with Crippen molar-refractivity contribution in [3.8, 4) is 5.75 Å². The highest BCUT2D eigenvalue weighted by Gasteiger charge is 2.09. The Balaban J connectivity index is 2.25. The molecule has 1 amide bonds. The number of hydrogen-bond acceptors (Lipinski definition) is 2. The average Bonchev–Trinajstić information content (AvgIpc) is 2.42. The molecule has 0 aliphatic heterocycles. The normalized spacial score (nSPS) is 12.2. The third kappa shape index (κ3) is 6.94. The smallest absolute Gasteiger partial charge is 0.220 e. The molecule has 0 fully saturated rings. The monoisotopic (exact) mass is 341 g/mol. The van der Waals surface area contributed by atoms with Gasteiger partial charge in [-0.1, -0.05) is 41.9 Å². The van der Waals surface area contributed by atoms with E-state index in [-0.39, 0.29) is 5.91 Å². The molecule has 1 atom stereocenters. The van der Waals surface area contributed by atoms with Crippen molar-refractivity contribution in [1.82, 2.24) is 5.32 Å². The van der Waals surface area contributed by atoms with E-state index in [9.17, 15) is 4.79 Å². The molecule has 0 spiro atoms. The summed E-state index contributed by atoms with van der Waals surface area (Å²) in [6.07, 6.45) is 2.35. The first kappa shape index (κ1) is 17.0. The molecule has 112 valence electrons.